The lowest BCUT2D eigenvalue weighted by atomic mass is 9.87. The van der Waals surface area contributed by atoms with Crippen LogP contribution < -0.4 is 16.1 Å². The van der Waals surface area contributed by atoms with Gasteiger partial charge in [-0.1, -0.05) is 67.1 Å². The van der Waals surface area contributed by atoms with E-state index in [9.17, 15) is 14.4 Å². The highest BCUT2D eigenvalue weighted by molar-refractivity contribution is 6.31. The van der Waals surface area contributed by atoms with Gasteiger partial charge in [-0.25, -0.2) is 4.79 Å². The van der Waals surface area contributed by atoms with Crippen molar-refractivity contribution in [3.63, 3.8) is 0 Å². The Morgan fingerprint density at radius 3 is 2.45 bits per heavy atom. The summed E-state index contributed by atoms with van der Waals surface area (Å²) in [7, 11) is 0. The number of rotatable bonds is 7. The van der Waals surface area contributed by atoms with Gasteiger partial charge in [0.05, 0.1) is 6.54 Å². The zero-order valence-corrected chi connectivity index (χ0v) is 17.0. The number of hydrazine groups is 1. The van der Waals surface area contributed by atoms with Gasteiger partial charge in [-0.05, 0) is 30.5 Å². The SMILES string of the molecule is CC[C@]1(c2ccccc2)NC(=O)N(NC(=O)CN[C@@H](C)c2ccccc2Cl)C1=O. The van der Waals surface area contributed by atoms with Gasteiger partial charge in [0.25, 0.3) is 11.8 Å². The highest BCUT2D eigenvalue weighted by Gasteiger charge is 2.52. The zero-order chi connectivity index (χ0) is 21.0. The number of nitrogens with zero attached hydrogens (tertiary/aromatic N) is 1. The van der Waals surface area contributed by atoms with Crippen molar-refractivity contribution in [1.82, 2.24) is 21.1 Å². The van der Waals surface area contributed by atoms with Gasteiger partial charge in [-0.3, -0.25) is 15.0 Å². The van der Waals surface area contributed by atoms with Gasteiger partial charge in [-0.15, -0.1) is 0 Å². The summed E-state index contributed by atoms with van der Waals surface area (Å²) in [6.07, 6.45) is 0.357. The van der Waals surface area contributed by atoms with Crippen LogP contribution in [0.4, 0.5) is 4.79 Å². The molecule has 29 heavy (non-hydrogen) atoms. The summed E-state index contributed by atoms with van der Waals surface area (Å²) in [6.45, 7) is 3.59. The Bertz CT molecular complexity index is 921. The molecule has 0 bridgehead atoms. The molecule has 2 aromatic rings. The van der Waals surface area contributed by atoms with E-state index in [0.717, 1.165) is 10.6 Å². The van der Waals surface area contributed by atoms with E-state index in [4.69, 9.17) is 11.6 Å². The number of hydrogen-bond acceptors (Lipinski definition) is 4. The van der Waals surface area contributed by atoms with Gasteiger partial charge >= 0.3 is 6.03 Å². The van der Waals surface area contributed by atoms with Crippen LogP contribution in [0, 0.1) is 0 Å². The predicted octanol–water partition coefficient (Wildman–Crippen LogP) is 2.88. The molecular formula is C21H23ClN4O3. The smallest absolute Gasteiger partial charge is 0.318 e. The van der Waals surface area contributed by atoms with Gasteiger partial charge < -0.3 is 10.6 Å². The topological polar surface area (TPSA) is 90.5 Å². The lowest BCUT2D eigenvalue weighted by Crippen LogP contribution is -2.50. The molecule has 7 nitrogen and oxygen atoms in total. The van der Waals surface area contributed by atoms with Crippen LogP contribution in [-0.4, -0.2) is 29.4 Å². The van der Waals surface area contributed by atoms with Crippen molar-refractivity contribution in [3.8, 4) is 0 Å². The first-order chi connectivity index (χ1) is 13.9. The Morgan fingerprint density at radius 1 is 1.14 bits per heavy atom. The fourth-order valence-electron chi connectivity index (χ4n) is 3.38. The van der Waals surface area contributed by atoms with E-state index in [1.54, 1.807) is 30.3 Å². The summed E-state index contributed by atoms with van der Waals surface area (Å²) in [5.74, 6) is -1.02. The van der Waals surface area contributed by atoms with E-state index in [1.807, 2.05) is 38.1 Å². The third kappa shape index (κ3) is 4.11. The molecule has 3 N–H and O–H groups in total. The number of amides is 4. The molecule has 0 saturated carbocycles. The standard InChI is InChI=1S/C21H23ClN4O3/c1-3-21(15-9-5-4-6-10-15)19(28)26(20(29)24-21)25-18(27)13-23-14(2)16-11-7-8-12-17(16)22/h4-12,14,23H,3,13H2,1-2H3,(H,24,29)(H,25,27)/t14-,21+/m0/s1. The highest BCUT2D eigenvalue weighted by Crippen LogP contribution is 2.31. The van der Waals surface area contributed by atoms with Gasteiger partial charge in [0, 0.05) is 11.1 Å². The summed E-state index contributed by atoms with van der Waals surface area (Å²) >= 11 is 6.17. The molecule has 1 aliphatic rings. The van der Waals surface area contributed by atoms with Gasteiger partial charge in [0.15, 0.2) is 0 Å². The molecule has 0 unspecified atom stereocenters. The lowest BCUT2D eigenvalue weighted by molar-refractivity contribution is -0.139. The minimum atomic E-state index is -1.19. The Labute approximate surface area is 174 Å². The van der Waals surface area contributed by atoms with Crippen LogP contribution in [0.3, 0.4) is 0 Å². The molecule has 0 spiro atoms. The van der Waals surface area contributed by atoms with E-state index >= 15 is 0 Å². The van der Waals surface area contributed by atoms with Crippen LogP contribution in [0.2, 0.25) is 5.02 Å². The minimum Gasteiger partial charge on any atom is -0.318 e. The molecule has 152 valence electrons. The van der Waals surface area contributed by atoms with Gasteiger partial charge in [0.1, 0.15) is 5.54 Å². The number of hydrogen-bond donors (Lipinski definition) is 3. The van der Waals surface area contributed by atoms with E-state index in [0.29, 0.717) is 17.0 Å². The van der Waals surface area contributed by atoms with Crippen molar-refractivity contribution in [1.29, 1.82) is 0 Å². The second-order valence-corrected chi connectivity index (χ2v) is 7.26. The van der Waals surface area contributed by atoms with E-state index in [2.05, 4.69) is 16.1 Å². The van der Waals surface area contributed by atoms with E-state index in [-0.39, 0.29) is 12.6 Å². The molecule has 0 aliphatic carbocycles. The average molecular weight is 415 g/mol. The first kappa shape index (κ1) is 20.8. The van der Waals surface area contributed by atoms with Crippen molar-refractivity contribution in [2.75, 3.05) is 6.54 Å². The number of carbonyl (C=O) groups excluding carboxylic acids is 3. The maximum Gasteiger partial charge on any atom is 0.344 e. The minimum absolute atomic E-state index is 0.0894. The number of nitrogens with one attached hydrogen (secondary N) is 3. The van der Waals surface area contributed by atoms with Crippen molar-refractivity contribution in [2.24, 2.45) is 0 Å². The molecule has 1 fully saturated rings. The van der Waals surface area contributed by atoms with Crippen LogP contribution >= 0.6 is 11.6 Å². The largest absolute Gasteiger partial charge is 0.344 e. The molecule has 3 rings (SSSR count). The maximum atomic E-state index is 13.0. The predicted molar refractivity (Wildman–Crippen MR) is 110 cm³/mol. The zero-order valence-electron chi connectivity index (χ0n) is 16.2. The second-order valence-electron chi connectivity index (χ2n) is 6.85. The molecule has 4 amide bonds. The van der Waals surface area contributed by atoms with E-state index < -0.39 is 23.4 Å². The first-order valence-corrected chi connectivity index (χ1v) is 9.76. The molecule has 1 heterocycles. The number of benzene rings is 2. The number of carbonyl (C=O) groups is 3. The summed E-state index contributed by atoms with van der Waals surface area (Å²) in [5.41, 5.74) is 2.73. The van der Waals surface area contributed by atoms with Crippen molar-refractivity contribution in [3.05, 3.63) is 70.7 Å². The third-order valence-corrected chi connectivity index (χ3v) is 5.41. The van der Waals surface area contributed by atoms with Crippen molar-refractivity contribution >= 4 is 29.4 Å². The van der Waals surface area contributed by atoms with Crippen LogP contribution in [0.15, 0.2) is 54.6 Å². The van der Waals surface area contributed by atoms with Crippen molar-refractivity contribution in [2.45, 2.75) is 31.8 Å². The van der Waals surface area contributed by atoms with E-state index in [1.165, 1.54) is 0 Å². The van der Waals surface area contributed by atoms with Crippen LogP contribution in [-0.2, 0) is 15.1 Å². The van der Waals surface area contributed by atoms with Crippen LogP contribution in [0.5, 0.6) is 0 Å². The third-order valence-electron chi connectivity index (χ3n) is 5.07. The molecule has 8 heteroatoms. The van der Waals surface area contributed by atoms with Gasteiger partial charge in [-0.2, -0.15) is 5.01 Å². The fourth-order valence-corrected chi connectivity index (χ4v) is 3.68. The Morgan fingerprint density at radius 2 is 1.79 bits per heavy atom. The number of imide groups is 1. The average Bonchev–Trinajstić information content (AvgIpc) is 2.98. The molecule has 0 radical (unpaired) electrons. The lowest BCUT2D eigenvalue weighted by Gasteiger charge is -2.25. The van der Waals surface area contributed by atoms with Crippen LogP contribution in [0.1, 0.15) is 37.4 Å². The Balaban J connectivity index is 1.65. The Hall–Kier alpha value is -2.90. The fraction of sp³-hybridized carbons (Fsp3) is 0.286. The maximum absolute atomic E-state index is 13.0. The monoisotopic (exact) mass is 414 g/mol. The summed E-state index contributed by atoms with van der Waals surface area (Å²) in [6, 6.07) is 15.5. The van der Waals surface area contributed by atoms with Crippen molar-refractivity contribution < 1.29 is 14.4 Å². The first-order valence-electron chi connectivity index (χ1n) is 9.38. The molecule has 1 saturated heterocycles. The Kier molecular flexibility index (Phi) is 6.20. The van der Waals surface area contributed by atoms with Gasteiger partial charge in [0.2, 0.25) is 0 Å². The normalized spacial score (nSPS) is 19.8. The quantitative estimate of drug-likeness (QED) is 0.607. The second kappa shape index (κ2) is 8.63. The molecule has 1 aliphatic heterocycles. The molecular weight excluding hydrogens is 392 g/mol. The van der Waals surface area contributed by atoms with Crippen LogP contribution in [0.25, 0.3) is 0 Å². The summed E-state index contributed by atoms with van der Waals surface area (Å²) in [4.78, 5) is 37.8. The number of urea groups is 1. The number of halogens is 1. The summed E-state index contributed by atoms with van der Waals surface area (Å²) < 4.78 is 0. The molecule has 0 aromatic heterocycles. The summed E-state index contributed by atoms with van der Waals surface area (Å²) in [5, 5.41) is 7.11. The highest BCUT2D eigenvalue weighted by atomic mass is 35.5. The molecule has 2 atom stereocenters. The molecule has 2 aromatic carbocycles.